The molecule has 212 valence electrons. The second kappa shape index (κ2) is 12.6. The van der Waals surface area contributed by atoms with E-state index < -0.39 is 21.7 Å². The number of benzene rings is 4. The average molecular weight is 579 g/mol. The number of nitrogens with one attached hydrogen (secondary N) is 2. The van der Waals surface area contributed by atoms with Crippen LogP contribution in [0.1, 0.15) is 37.4 Å². The SMILES string of the molecule is Cc1ccc(C(=O)O)c(C(=O)Nc2ccc(S(=O)(=O)c3ccc(NOCc4ccc(O)cc4COO)cc3)cc2)c1. The molecule has 41 heavy (non-hydrogen) atoms. The van der Waals surface area contributed by atoms with Crippen LogP contribution in [0.25, 0.3) is 0 Å². The van der Waals surface area contributed by atoms with E-state index in [4.69, 9.17) is 10.1 Å². The van der Waals surface area contributed by atoms with E-state index in [0.717, 1.165) is 0 Å². The third kappa shape index (κ3) is 7.07. The lowest BCUT2D eigenvalue weighted by Crippen LogP contribution is -2.16. The standard InChI is InChI=1S/C29H26N2O9S/c1-18-2-13-26(29(34)35)27(14-18)28(33)30-21-4-9-24(10-5-21)41(37,38)25-11-6-22(7-12-25)31-39-16-19-3-8-23(32)15-20(19)17-40-36/h2-15,31-32,36H,16-17H2,1H3,(H,30,33)(H,34,35). The first-order valence-electron chi connectivity index (χ1n) is 12.1. The molecule has 0 aliphatic rings. The Balaban J connectivity index is 1.40. The van der Waals surface area contributed by atoms with E-state index in [1.54, 1.807) is 19.1 Å². The molecule has 12 heteroatoms. The molecule has 0 bridgehead atoms. The number of carboxylic acids is 1. The van der Waals surface area contributed by atoms with Gasteiger partial charge in [-0.25, -0.2) is 18.1 Å². The highest BCUT2D eigenvalue weighted by molar-refractivity contribution is 7.91. The second-order valence-corrected chi connectivity index (χ2v) is 10.9. The molecule has 0 heterocycles. The number of amides is 1. The minimum absolute atomic E-state index is 0.000186. The van der Waals surface area contributed by atoms with Gasteiger partial charge >= 0.3 is 5.97 Å². The predicted molar refractivity (Wildman–Crippen MR) is 148 cm³/mol. The van der Waals surface area contributed by atoms with Crippen molar-refractivity contribution in [2.24, 2.45) is 0 Å². The largest absolute Gasteiger partial charge is 0.508 e. The Labute approximate surface area is 235 Å². The van der Waals surface area contributed by atoms with Crippen LogP contribution >= 0.6 is 0 Å². The summed E-state index contributed by atoms with van der Waals surface area (Å²) in [6.45, 7) is 1.68. The number of phenols is 1. The topological polar surface area (TPSA) is 171 Å². The van der Waals surface area contributed by atoms with Crippen LogP contribution in [0.15, 0.2) is 94.7 Å². The van der Waals surface area contributed by atoms with E-state index in [1.165, 1.54) is 72.8 Å². The van der Waals surface area contributed by atoms with Gasteiger partial charge in [0.15, 0.2) is 0 Å². The number of phenolic OH excluding ortho intramolecular Hbond substituents is 1. The molecule has 1 amide bonds. The van der Waals surface area contributed by atoms with E-state index in [0.29, 0.717) is 28.1 Å². The molecule has 4 rings (SSSR count). The molecule has 0 unspecified atom stereocenters. The van der Waals surface area contributed by atoms with Crippen molar-refractivity contribution in [3.05, 3.63) is 113 Å². The van der Waals surface area contributed by atoms with Crippen molar-refractivity contribution in [3.8, 4) is 5.75 Å². The van der Waals surface area contributed by atoms with E-state index in [2.05, 4.69) is 15.7 Å². The zero-order valence-corrected chi connectivity index (χ0v) is 22.5. The first kappa shape index (κ1) is 29.2. The van der Waals surface area contributed by atoms with Gasteiger partial charge in [0.05, 0.1) is 33.2 Å². The molecule has 4 aromatic rings. The highest BCUT2D eigenvalue weighted by Gasteiger charge is 2.19. The Morgan fingerprint density at radius 2 is 1.41 bits per heavy atom. The summed E-state index contributed by atoms with van der Waals surface area (Å²) in [5, 5.41) is 30.3. The van der Waals surface area contributed by atoms with E-state index >= 15 is 0 Å². The molecule has 0 atom stereocenters. The van der Waals surface area contributed by atoms with Gasteiger partial charge in [-0.2, -0.15) is 0 Å². The Morgan fingerprint density at radius 1 is 0.780 bits per heavy atom. The van der Waals surface area contributed by atoms with Gasteiger partial charge in [-0.15, -0.1) is 0 Å². The van der Waals surface area contributed by atoms with Gasteiger partial charge in [0, 0.05) is 5.69 Å². The Kier molecular flexibility index (Phi) is 9.00. The average Bonchev–Trinajstić information content (AvgIpc) is 2.94. The number of aryl methyl sites for hydroxylation is 1. The first-order valence-corrected chi connectivity index (χ1v) is 13.6. The second-order valence-electron chi connectivity index (χ2n) is 8.98. The monoisotopic (exact) mass is 578 g/mol. The van der Waals surface area contributed by atoms with E-state index in [-0.39, 0.29) is 39.9 Å². The van der Waals surface area contributed by atoms with Gasteiger partial charge in [0.2, 0.25) is 9.84 Å². The van der Waals surface area contributed by atoms with Crippen LogP contribution < -0.4 is 10.8 Å². The number of aromatic carboxylic acids is 1. The molecule has 0 spiro atoms. The molecule has 0 saturated heterocycles. The van der Waals surface area contributed by atoms with Crippen molar-refractivity contribution < 1.29 is 43.2 Å². The van der Waals surface area contributed by atoms with Crippen molar-refractivity contribution in [3.63, 3.8) is 0 Å². The normalized spacial score (nSPS) is 11.2. The molecule has 0 fully saturated rings. The van der Waals surface area contributed by atoms with E-state index in [1.807, 2.05) is 0 Å². The molecule has 0 aromatic heterocycles. The summed E-state index contributed by atoms with van der Waals surface area (Å²) in [6.07, 6.45) is 0. The number of hydrogen-bond acceptors (Lipinski definition) is 9. The number of carboxylic acid groups (broad SMARTS) is 1. The number of rotatable bonds is 11. The van der Waals surface area contributed by atoms with Crippen molar-refractivity contribution >= 4 is 33.1 Å². The summed E-state index contributed by atoms with van der Waals surface area (Å²) in [5.74, 6) is -1.85. The summed E-state index contributed by atoms with van der Waals surface area (Å²) in [5.41, 5.74) is 5.25. The number of carbonyl (C=O) groups excluding carboxylic acids is 1. The number of carbonyl (C=O) groups is 2. The number of aromatic hydroxyl groups is 1. The summed E-state index contributed by atoms with van der Waals surface area (Å²) in [4.78, 5) is 33.8. The van der Waals surface area contributed by atoms with Gasteiger partial charge in [-0.05, 0) is 90.8 Å². The Morgan fingerprint density at radius 3 is 2.02 bits per heavy atom. The van der Waals surface area contributed by atoms with Gasteiger partial charge in [0.1, 0.15) is 12.4 Å². The summed E-state index contributed by atoms with van der Waals surface area (Å²) < 4.78 is 26.3. The quantitative estimate of drug-likeness (QED) is 0.120. The minimum Gasteiger partial charge on any atom is -0.508 e. The molecule has 5 N–H and O–H groups in total. The minimum atomic E-state index is -3.88. The number of anilines is 2. The molecule has 0 aliphatic heterocycles. The fourth-order valence-electron chi connectivity index (χ4n) is 3.94. The fraction of sp³-hybridized carbons (Fsp3) is 0.103. The zero-order chi connectivity index (χ0) is 29.6. The molecule has 11 nitrogen and oxygen atoms in total. The molecule has 0 saturated carbocycles. The summed E-state index contributed by atoms with van der Waals surface area (Å²) in [6, 6.07) is 20.4. The lowest BCUT2D eigenvalue weighted by atomic mass is 10.0. The maximum atomic E-state index is 13.1. The summed E-state index contributed by atoms with van der Waals surface area (Å²) >= 11 is 0. The molecule has 0 aliphatic carbocycles. The number of sulfone groups is 1. The molecular formula is C29H26N2O9S. The van der Waals surface area contributed by atoms with Crippen LogP contribution in [0.4, 0.5) is 11.4 Å². The summed E-state index contributed by atoms with van der Waals surface area (Å²) in [7, 11) is -3.88. The highest BCUT2D eigenvalue weighted by Crippen LogP contribution is 2.25. The molecule has 4 aromatic carbocycles. The van der Waals surface area contributed by atoms with Crippen molar-refractivity contribution in [2.45, 2.75) is 29.9 Å². The van der Waals surface area contributed by atoms with Gasteiger partial charge in [-0.3, -0.25) is 20.4 Å². The maximum absolute atomic E-state index is 13.1. The lowest BCUT2D eigenvalue weighted by Gasteiger charge is -2.12. The van der Waals surface area contributed by atoms with Crippen LogP contribution in [0.2, 0.25) is 0 Å². The third-order valence-corrected chi connectivity index (χ3v) is 7.85. The van der Waals surface area contributed by atoms with Crippen molar-refractivity contribution in [1.82, 2.24) is 0 Å². The smallest absolute Gasteiger partial charge is 0.336 e. The van der Waals surface area contributed by atoms with Crippen molar-refractivity contribution in [2.75, 3.05) is 10.8 Å². The van der Waals surface area contributed by atoms with Crippen molar-refractivity contribution in [1.29, 1.82) is 0 Å². The van der Waals surface area contributed by atoms with Crippen LogP contribution in [0, 0.1) is 6.92 Å². The lowest BCUT2D eigenvalue weighted by molar-refractivity contribution is -0.253. The Bertz CT molecular complexity index is 1670. The predicted octanol–water partition coefficient (Wildman–Crippen LogP) is 5.02. The Hall–Kier alpha value is -4.75. The van der Waals surface area contributed by atoms with E-state index in [9.17, 15) is 28.2 Å². The van der Waals surface area contributed by atoms with Crippen LogP contribution in [0.3, 0.4) is 0 Å². The maximum Gasteiger partial charge on any atom is 0.336 e. The number of hydrogen-bond donors (Lipinski definition) is 5. The van der Waals surface area contributed by atoms with Crippen LogP contribution in [-0.4, -0.2) is 35.8 Å². The molecular weight excluding hydrogens is 552 g/mol. The van der Waals surface area contributed by atoms with Crippen LogP contribution in [0.5, 0.6) is 5.75 Å². The molecule has 0 radical (unpaired) electrons. The fourth-order valence-corrected chi connectivity index (χ4v) is 5.20. The van der Waals surface area contributed by atoms with Gasteiger partial charge in [0.25, 0.3) is 5.91 Å². The van der Waals surface area contributed by atoms with Gasteiger partial charge < -0.3 is 15.5 Å². The zero-order valence-electron chi connectivity index (χ0n) is 21.7. The first-order chi connectivity index (χ1) is 19.6. The third-order valence-electron chi connectivity index (χ3n) is 6.06. The highest BCUT2D eigenvalue weighted by atomic mass is 32.2. The van der Waals surface area contributed by atoms with Gasteiger partial charge in [-0.1, -0.05) is 17.7 Å². The van der Waals surface area contributed by atoms with Crippen LogP contribution in [-0.2, 0) is 32.8 Å².